The molecule has 1 saturated heterocycles. The molecule has 0 spiro atoms. The number of hydrogen-bond donors (Lipinski definition) is 1. The quantitative estimate of drug-likeness (QED) is 0.897. The first-order chi connectivity index (χ1) is 9.22. The van der Waals surface area contributed by atoms with Gasteiger partial charge in [-0.05, 0) is 12.1 Å². The first kappa shape index (κ1) is 12.2. The highest BCUT2D eigenvalue weighted by Gasteiger charge is 2.22. The van der Waals surface area contributed by atoms with E-state index in [9.17, 15) is 8.78 Å². The summed E-state index contributed by atoms with van der Waals surface area (Å²) in [6, 6.07) is 2.92. The van der Waals surface area contributed by atoms with Crippen LogP contribution >= 0.6 is 0 Å². The Morgan fingerprint density at radius 3 is 2.68 bits per heavy atom. The highest BCUT2D eigenvalue weighted by Crippen LogP contribution is 2.21. The monoisotopic (exact) mass is 267 g/mol. The van der Waals surface area contributed by atoms with Gasteiger partial charge in [0.25, 0.3) is 0 Å². The van der Waals surface area contributed by atoms with Gasteiger partial charge in [0.15, 0.2) is 0 Å². The molecule has 1 N–H and O–H groups in total. The zero-order chi connectivity index (χ0) is 13.2. The Balaban J connectivity index is 1.87. The van der Waals surface area contributed by atoms with Crippen molar-refractivity contribution >= 4 is 0 Å². The van der Waals surface area contributed by atoms with Crippen LogP contribution in [0.2, 0.25) is 0 Å². The number of nitrogens with zero attached hydrogens (tertiary/aromatic N) is 2. The Kier molecular flexibility index (Phi) is 3.22. The molecule has 1 aromatic carbocycles. The predicted molar refractivity (Wildman–Crippen MR) is 61.2 cm³/mol. The first-order valence-electron chi connectivity index (χ1n) is 5.83. The number of halogens is 2. The van der Waals surface area contributed by atoms with E-state index in [4.69, 9.17) is 9.26 Å². The highest BCUT2D eigenvalue weighted by molar-refractivity contribution is 5.54. The molecule has 100 valence electrons. The number of benzene rings is 1. The summed E-state index contributed by atoms with van der Waals surface area (Å²) < 4.78 is 36.6. The van der Waals surface area contributed by atoms with Crippen molar-refractivity contribution in [3.8, 4) is 11.4 Å². The molecule has 0 saturated carbocycles. The van der Waals surface area contributed by atoms with Crippen LogP contribution in [0.25, 0.3) is 11.4 Å². The van der Waals surface area contributed by atoms with Crippen LogP contribution in [0.15, 0.2) is 22.7 Å². The lowest BCUT2D eigenvalue weighted by molar-refractivity contribution is 0.0659. The van der Waals surface area contributed by atoms with Crippen molar-refractivity contribution in [3.05, 3.63) is 35.7 Å². The van der Waals surface area contributed by atoms with E-state index in [2.05, 4.69) is 15.5 Å². The van der Waals surface area contributed by atoms with Gasteiger partial charge < -0.3 is 14.6 Å². The Hall–Kier alpha value is -1.86. The Morgan fingerprint density at radius 2 is 2.00 bits per heavy atom. The minimum absolute atomic E-state index is 0.153. The molecular formula is C12H11F2N3O2. The van der Waals surface area contributed by atoms with E-state index in [-0.39, 0.29) is 17.4 Å². The van der Waals surface area contributed by atoms with Gasteiger partial charge in [0.05, 0.1) is 13.2 Å². The van der Waals surface area contributed by atoms with E-state index in [0.717, 1.165) is 18.2 Å². The molecule has 0 radical (unpaired) electrons. The van der Waals surface area contributed by atoms with Crippen molar-refractivity contribution in [2.24, 2.45) is 0 Å². The normalized spacial score (nSPS) is 19.6. The van der Waals surface area contributed by atoms with Gasteiger partial charge in [0, 0.05) is 18.2 Å². The third kappa shape index (κ3) is 2.61. The number of aromatic nitrogens is 2. The number of morpholine rings is 1. The van der Waals surface area contributed by atoms with Gasteiger partial charge in [-0.1, -0.05) is 5.16 Å². The number of nitrogens with one attached hydrogen (secondary N) is 1. The Labute approximate surface area is 107 Å². The summed E-state index contributed by atoms with van der Waals surface area (Å²) in [5, 5.41) is 6.88. The highest BCUT2D eigenvalue weighted by atomic mass is 19.1. The molecule has 3 rings (SSSR count). The molecule has 1 atom stereocenters. The second-order valence-corrected chi connectivity index (χ2v) is 4.20. The maximum Gasteiger partial charge on any atom is 0.246 e. The summed E-state index contributed by atoms with van der Waals surface area (Å²) in [7, 11) is 0. The van der Waals surface area contributed by atoms with Crippen LogP contribution < -0.4 is 5.32 Å². The van der Waals surface area contributed by atoms with Crippen molar-refractivity contribution in [3.63, 3.8) is 0 Å². The average molecular weight is 267 g/mol. The van der Waals surface area contributed by atoms with Gasteiger partial charge >= 0.3 is 0 Å². The van der Waals surface area contributed by atoms with Crippen LogP contribution in [0, 0.1) is 11.6 Å². The van der Waals surface area contributed by atoms with E-state index < -0.39 is 11.6 Å². The predicted octanol–water partition coefficient (Wildman–Crippen LogP) is 1.68. The van der Waals surface area contributed by atoms with Crippen molar-refractivity contribution in [1.29, 1.82) is 0 Å². The molecule has 1 unspecified atom stereocenters. The molecule has 19 heavy (non-hydrogen) atoms. The third-order valence-corrected chi connectivity index (χ3v) is 2.78. The standard InChI is InChI=1S/C12H11F2N3O2/c13-8-3-7(4-9(14)5-8)11-16-12(19-17-11)10-6-18-2-1-15-10/h3-5,10,15H,1-2,6H2. The summed E-state index contributed by atoms with van der Waals surface area (Å²) in [5.74, 6) is -0.860. The van der Waals surface area contributed by atoms with Gasteiger partial charge in [-0.15, -0.1) is 0 Å². The molecule has 1 aliphatic heterocycles. The minimum Gasteiger partial charge on any atom is -0.378 e. The fourth-order valence-electron chi connectivity index (χ4n) is 1.90. The fraction of sp³-hybridized carbons (Fsp3) is 0.333. The molecule has 7 heteroatoms. The van der Waals surface area contributed by atoms with Gasteiger partial charge in [0.2, 0.25) is 11.7 Å². The summed E-state index contributed by atoms with van der Waals surface area (Å²) in [6.07, 6.45) is 0. The first-order valence-corrected chi connectivity index (χ1v) is 5.83. The fourth-order valence-corrected chi connectivity index (χ4v) is 1.90. The molecule has 5 nitrogen and oxygen atoms in total. The van der Waals surface area contributed by atoms with Crippen LogP contribution in [0.5, 0.6) is 0 Å². The lowest BCUT2D eigenvalue weighted by Crippen LogP contribution is -2.34. The zero-order valence-corrected chi connectivity index (χ0v) is 9.90. The largest absolute Gasteiger partial charge is 0.378 e. The molecule has 0 amide bonds. The van der Waals surface area contributed by atoms with E-state index in [1.807, 2.05) is 0 Å². The molecular weight excluding hydrogens is 256 g/mol. The Morgan fingerprint density at radius 1 is 1.21 bits per heavy atom. The lowest BCUT2D eigenvalue weighted by Gasteiger charge is -2.20. The van der Waals surface area contributed by atoms with Crippen LogP contribution in [0.3, 0.4) is 0 Å². The van der Waals surface area contributed by atoms with Gasteiger partial charge in [-0.3, -0.25) is 0 Å². The van der Waals surface area contributed by atoms with Gasteiger partial charge in [0.1, 0.15) is 17.7 Å². The summed E-state index contributed by atoms with van der Waals surface area (Å²) in [6.45, 7) is 1.75. The maximum absolute atomic E-state index is 13.1. The van der Waals surface area contributed by atoms with Crippen LogP contribution in [0.1, 0.15) is 11.9 Å². The van der Waals surface area contributed by atoms with E-state index in [1.54, 1.807) is 0 Å². The van der Waals surface area contributed by atoms with E-state index in [1.165, 1.54) is 0 Å². The number of hydrogen-bond acceptors (Lipinski definition) is 5. The van der Waals surface area contributed by atoms with Crippen molar-refractivity contribution in [2.45, 2.75) is 6.04 Å². The SMILES string of the molecule is Fc1cc(F)cc(-c2noc(C3COCCN3)n2)c1. The van der Waals surface area contributed by atoms with E-state index >= 15 is 0 Å². The van der Waals surface area contributed by atoms with Crippen molar-refractivity contribution in [2.75, 3.05) is 19.8 Å². The molecule has 1 fully saturated rings. The van der Waals surface area contributed by atoms with E-state index in [0.29, 0.717) is 25.6 Å². The van der Waals surface area contributed by atoms with Crippen molar-refractivity contribution < 1.29 is 18.0 Å². The molecule has 0 bridgehead atoms. The number of rotatable bonds is 2. The second kappa shape index (κ2) is 5.02. The molecule has 1 aliphatic rings. The van der Waals surface area contributed by atoms with Crippen LogP contribution in [-0.2, 0) is 4.74 Å². The van der Waals surface area contributed by atoms with Gasteiger partial charge in [-0.2, -0.15) is 4.98 Å². The molecule has 2 heterocycles. The summed E-state index contributed by atoms with van der Waals surface area (Å²) in [5.41, 5.74) is 0.240. The maximum atomic E-state index is 13.1. The second-order valence-electron chi connectivity index (χ2n) is 4.20. The van der Waals surface area contributed by atoms with Gasteiger partial charge in [-0.25, -0.2) is 8.78 Å². The lowest BCUT2D eigenvalue weighted by atomic mass is 10.2. The molecule has 0 aliphatic carbocycles. The topological polar surface area (TPSA) is 60.2 Å². The summed E-state index contributed by atoms with van der Waals surface area (Å²) >= 11 is 0. The molecule has 1 aromatic heterocycles. The Bertz CT molecular complexity index is 562. The smallest absolute Gasteiger partial charge is 0.246 e. The van der Waals surface area contributed by atoms with Crippen LogP contribution in [0.4, 0.5) is 8.78 Å². The van der Waals surface area contributed by atoms with Crippen LogP contribution in [-0.4, -0.2) is 29.9 Å². The average Bonchev–Trinajstić information content (AvgIpc) is 2.88. The molecule has 2 aromatic rings. The van der Waals surface area contributed by atoms with Crippen molar-refractivity contribution in [1.82, 2.24) is 15.5 Å². The number of ether oxygens (including phenoxy) is 1. The third-order valence-electron chi connectivity index (χ3n) is 2.78. The zero-order valence-electron chi connectivity index (χ0n) is 9.90. The summed E-state index contributed by atoms with van der Waals surface area (Å²) in [4.78, 5) is 4.13. The minimum atomic E-state index is -0.680.